The predicted octanol–water partition coefficient (Wildman–Crippen LogP) is 5.57. The molecule has 2 atom stereocenters. The van der Waals surface area contributed by atoms with Crippen LogP contribution >= 0.6 is 0 Å². The second-order valence-electron chi connectivity index (χ2n) is 9.37. The minimum Gasteiger partial charge on any atom is -0.444 e. The molecule has 1 aliphatic rings. The zero-order chi connectivity index (χ0) is 20.4. The van der Waals surface area contributed by atoms with E-state index in [4.69, 9.17) is 4.74 Å². The number of nitrogens with zero attached hydrogens (tertiary/aromatic N) is 1. The Hall–Kier alpha value is -2.31. The van der Waals surface area contributed by atoms with E-state index in [1.54, 1.807) is 32.9 Å². The molecule has 0 bridgehead atoms. The van der Waals surface area contributed by atoms with Gasteiger partial charge in [-0.1, -0.05) is 20.8 Å². The predicted molar refractivity (Wildman–Crippen MR) is 107 cm³/mol. The monoisotopic (exact) mass is 377 g/mol. The van der Waals surface area contributed by atoms with E-state index in [0.29, 0.717) is 17.3 Å². The summed E-state index contributed by atoms with van der Waals surface area (Å²) in [6.07, 6.45) is 2.47. The van der Waals surface area contributed by atoms with Crippen LogP contribution in [0.2, 0.25) is 0 Å². The molecular formula is C20H31N3O4. The maximum Gasteiger partial charge on any atom is 0.412 e. The first-order valence-electron chi connectivity index (χ1n) is 9.40. The number of anilines is 2. The molecular weight excluding hydrogens is 346 g/mol. The van der Waals surface area contributed by atoms with Crippen LogP contribution in [0.5, 0.6) is 0 Å². The third-order valence-corrected chi connectivity index (χ3v) is 4.59. The Labute approximate surface area is 161 Å². The summed E-state index contributed by atoms with van der Waals surface area (Å²) in [5.41, 5.74) is 0.327. The van der Waals surface area contributed by atoms with E-state index in [-0.39, 0.29) is 17.1 Å². The van der Waals surface area contributed by atoms with Crippen molar-refractivity contribution in [2.75, 3.05) is 10.6 Å². The van der Waals surface area contributed by atoms with Crippen LogP contribution in [0.1, 0.15) is 60.8 Å². The van der Waals surface area contributed by atoms with Crippen LogP contribution in [0.3, 0.4) is 0 Å². The lowest BCUT2D eigenvalue weighted by Crippen LogP contribution is -2.35. The van der Waals surface area contributed by atoms with Gasteiger partial charge in [0.2, 0.25) is 0 Å². The molecule has 1 fully saturated rings. The molecule has 0 spiro atoms. The van der Waals surface area contributed by atoms with E-state index in [1.807, 2.05) is 0 Å². The van der Waals surface area contributed by atoms with Gasteiger partial charge in [-0.15, -0.1) is 0 Å². The van der Waals surface area contributed by atoms with Gasteiger partial charge in [0.05, 0.1) is 10.6 Å². The van der Waals surface area contributed by atoms with E-state index in [9.17, 15) is 14.9 Å². The first kappa shape index (κ1) is 21.0. The fraction of sp³-hybridized carbons (Fsp3) is 0.650. The topological polar surface area (TPSA) is 93.5 Å². The van der Waals surface area contributed by atoms with E-state index >= 15 is 0 Å². The van der Waals surface area contributed by atoms with Gasteiger partial charge in [-0.3, -0.25) is 15.4 Å². The minimum atomic E-state index is -0.639. The normalized spacial score (nSPS) is 22.0. The molecule has 2 N–H and O–H groups in total. The quantitative estimate of drug-likeness (QED) is 0.528. The largest absolute Gasteiger partial charge is 0.444 e. The second-order valence-corrected chi connectivity index (χ2v) is 9.37. The number of hydrogen-bond acceptors (Lipinski definition) is 5. The smallest absolute Gasteiger partial charge is 0.412 e. The fourth-order valence-corrected chi connectivity index (χ4v) is 3.98. The number of ether oxygens (including phenoxy) is 1. The van der Waals surface area contributed by atoms with Crippen LogP contribution < -0.4 is 10.6 Å². The van der Waals surface area contributed by atoms with Gasteiger partial charge in [-0.25, -0.2) is 4.79 Å². The summed E-state index contributed by atoms with van der Waals surface area (Å²) >= 11 is 0. The van der Waals surface area contributed by atoms with Crippen molar-refractivity contribution in [2.24, 2.45) is 11.3 Å². The first-order chi connectivity index (χ1) is 12.3. The Morgan fingerprint density at radius 2 is 1.96 bits per heavy atom. The number of hydrogen-bond donors (Lipinski definition) is 2. The molecule has 1 aliphatic carbocycles. The summed E-state index contributed by atoms with van der Waals surface area (Å²) in [5.74, 6) is 0.568. The summed E-state index contributed by atoms with van der Waals surface area (Å²) in [6, 6.07) is 4.85. The molecule has 0 unspecified atom stereocenters. The molecule has 0 aliphatic heterocycles. The third-order valence-electron chi connectivity index (χ3n) is 4.59. The van der Waals surface area contributed by atoms with Crippen LogP contribution in [0.4, 0.5) is 21.9 Å². The summed E-state index contributed by atoms with van der Waals surface area (Å²) in [5, 5.41) is 17.4. The minimum absolute atomic E-state index is 0.0559. The average Bonchev–Trinajstić information content (AvgIpc) is 2.44. The third kappa shape index (κ3) is 6.41. The van der Waals surface area contributed by atoms with Crippen LogP contribution in [-0.2, 0) is 4.74 Å². The van der Waals surface area contributed by atoms with E-state index < -0.39 is 16.6 Å². The highest BCUT2D eigenvalue weighted by Crippen LogP contribution is 2.40. The Bertz CT molecular complexity index is 710. The molecule has 1 amide bonds. The zero-order valence-electron chi connectivity index (χ0n) is 17.1. The summed E-state index contributed by atoms with van der Waals surface area (Å²) in [7, 11) is 0. The Balaban J connectivity index is 2.16. The van der Waals surface area contributed by atoms with Crippen LogP contribution in [0, 0.1) is 21.4 Å². The molecule has 27 heavy (non-hydrogen) atoms. The summed E-state index contributed by atoms with van der Waals surface area (Å²) in [4.78, 5) is 23.0. The van der Waals surface area contributed by atoms with Gasteiger partial charge in [0.25, 0.3) is 5.69 Å². The maximum atomic E-state index is 11.9. The molecule has 0 aromatic heterocycles. The highest BCUT2D eigenvalue weighted by molar-refractivity contribution is 5.86. The molecule has 7 nitrogen and oxygen atoms in total. The zero-order valence-corrected chi connectivity index (χ0v) is 17.1. The number of benzene rings is 1. The molecule has 150 valence electrons. The molecule has 7 heteroatoms. The number of carbonyl (C=O) groups is 1. The van der Waals surface area contributed by atoms with Gasteiger partial charge in [0.1, 0.15) is 11.3 Å². The highest BCUT2D eigenvalue weighted by Gasteiger charge is 2.33. The number of nitro groups is 1. The SMILES string of the molecule is C[C@@H]1C[C@H](Nc2ccc(NC(=O)OC(C)(C)C)cc2[N+](=O)[O-])CC(C)(C)C1. The Morgan fingerprint density at radius 1 is 1.30 bits per heavy atom. The second kappa shape index (κ2) is 7.74. The standard InChI is InChI=1S/C20H31N3O4/c1-13-9-15(12-20(5,6)11-13)21-16-8-7-14(10-17(16)23(25)26)22-18(24)27-19(2,3)4/h7-8,10,13,15,21H,9,11-12H2,1-6H3,(H,22,24)/t13-,15+/m1/s1. The van der Waals surface area contributed by atoms with Crippen molar-refractivity contribution in [1.29, 1.82) is 0 Å². The van der Waals surface area contributed by atoms with Gasteiger partial charge in [0, 0.05) is 12.1 Å². The molecule has 0 radical (unpaired) electrons. The lowest BCUT2D eigenvalue weighted by atomic mass is 9.70. The lowest BCUT2D eigenvalue weighted by Gasteiger charge is -2.39. The molecule has 1 aromatic carbocycles. The number of carbonyl (C=O) groups excluding carboxylic acids is 1. The molecule has 2 rings (SSSR count). The molecule has 0 saturated heterocycles. The number of nitrogens with one attached hydrogen (secondary N) is 2. The number of amides is 1. The lowest BCUT2D eigenvalue weighted by molar-refractivity contribution is -0.383. The first-order valence-corrected chi connectivity index (χ1v) is 9.40. The van der Waals surface area contributed by atoms with Crippen LogP contribution in [-0.4, -0.2) is 22.7 Å². The number of rotatable bonds is 4. The Kier molecular flexibility index (Phi) is 6.02. The molecule has 1 saturated carbocycles. The van der Waals surface area contributed by atoms with E-state index in [2.05, 4.69) is 31.4 Å². The highest BCUT2D eigenvalue weighted by atomic mass is 16.6. The van der Waals surface area contributed by atoms with Crippen molar-refractivity contribution in [3.63, 3.8) is 0 Å². The van der Waals surface area contributed by atoms with Crippen molar-refractivity contribution in [3.05, 3.63) is 28.3 Å². The van der Waals surface area contributed by atoms with Crippen LogP contribution in [0.25, 0.3) is 0 Å². The molecule has 1 aromatic rings. The average molecular weight is 377 g/mol. The van der Waals surface area contributed by atoms with Crippen molar-refractivity contribution >= 4 is 23.2 Å². The van der Waals surface area contributed by atoms with E-state index in [0.717, 1.165) is 19.3 Å². The van der Waals surface area contributed by atoms with Crippen molar-refractivity contribution < 1.29 is 14.5 Å². The summed E-state index contributed by atoms with van der Waals surface area (Å²) in [6.45, 7) is 12.0. The molecule has 0 heterocycles. The van der Waals surface area contributed by atoms with Crippen molar-refractivity contribution in [3.8, 4) is 0 Å². The Morgan fingerprint density at radius 3 is 2.52 bits per heavy atom. The van der Waals surface area contributed by atoms with Gasteiger partial charge >= 0.3 is 6.09 Å². The van der Waals surface area contributed by atoms with Gasteiger partial charge in [-0.05, 0) is 63.5 Å². The van der Waals surface area contributed by atoms with E-state index in [1.165, 1.54) is 6.07 Å². The summed E-state index contributed by atoms with van der Waals surface area (Å²) < 4.78 is 5.19. The number of nitro benzene ring substituents is 1. The van der Waals surface area contributed by atoms with Gasteiger partial charge in [0.15, 0.2) is 0 Å². The van der Waals surface area contributed by atoms with Crippen LogP contribution in [0.15, 0.2) is 18.2 Å². The van der Waals surface area contributed by atoms with Gasteiger partial charge < -0.3 is 10.1 Å². The fourth-order valence-electron chi connectivity index (χ4n) is 3.98. The maximum absolute atomic E-state index is 11.9. The van der Waals surface area contributed by atoms with Gasteiger partial charge in [-0.2, -0.15) is 0 Å². The van der Waals surface area contributed by atoms with Crippen molar-refractivity contribution in [2.45, 2.75) is 72.4 Å². The van der Waals surface area contributed by atoms with Crippen molar-refractivity contribution in [1.82, 2.24) is 0 Å².